The molecule has 0 fully saturated rings. The monoisotopic (exact) mass is 372 g/mol. The van der Waals surface area contributed by atoms with Crippen LogP contribution in [0.5, 0.6) is 0 Å². The molecule has 136 valence electrons. The van der Waals surface area contributed by atoms with Crippen molar-refractivity contribution >= 4 is 34.8 Å². The Morgan fingerprint density at radius 3 is 2.81 bits per heavy atom. The maximum atomic E-state index is 12.3. The molecule has 0 radical (unpaired) electrons. The summed E-state index contributed by atoms with van der Waals surface area (Å²) in [5.41, 5.74) is 2.57. The van der Waals surface area contributed by atoms with Crippen molar-refractivity contribution in [3.63, 3.8) is 0 Å². The maximum absolute atomic E-state index is 12.3. The summed E-state index contributed by atoms with van der Waals surface area (Å²) in [6.45, 7) is -0.367. The number of fused-ring (bicyclic) bond motifs is 1. The summed E-state index contributed by atoms with van der Waals surface area (Å²) < 4.78 is 5.16. The molecule has 0 saturated carbocycles. The normalized spacial score (nSPS) is 12.8. The quantitative estimate of drug-likeness (QED) is 0.791. The molecule has 1 aliphatic carbocycles. The molecule has 26 heavy (non-hydrogen) atoms. The molecular formula is C19H20N2O4S. The highest BCUT2D eigenvalue weighted by Gasteiger charge is 2.21. The Labute approximate surface area is 155 Å². The van der Waals surface area contributed by atoms with E-state index in [2.05, 4.69) is 10.6 Å². The number of amides is 2. The third kappa shape index (κ3) is 4.11. The van der Waals surface area contributed by atoms with Crippen LogP contribution in [0.4, 0.5) is 5.69 Å². The molecule has 0 spiro atoms. The minimum absolute atomic E-state index is 0.241. The lowest BCUT2D eigenvalue weighted by Gasteiger charge is -2.12. The summed E-state index contributed by atoms with van der Waals surface area (Å²) in [5, 5.41) is 6.98. The minimum atomic E-state index is -0.460. The lowest BCUT2D eigenvalue weighted by molar-refractivity contribution is -0.119. The van der Waals surface area contributed by atoms with Crippen molar-refractivity contribution in [2.75, 3.05) is 19.0 Å². The molecule has 6 nitrogen and oxygen atoms in total. The number of benzene rings is 1. The van der Waals surface area contributed by atoms with E-state index in [4.69, 9.17) is 4.74 Å². The first-order valence-corrected chi connectivity index (χ1v) is 9.35. The second-order valence-electron chi connectivity index (χ2n) is 6.04. The molecule has 0 atom stereocenters. The van der Waals surface area contributed by atoms with Crippen LogP contribution in [0, 0.1) is 0 Å². The standard InChI is InChI=1S/C19H20N2O4S/c1-20-18(23)12-5-4-6-13(9-12)21-17(22)10-25-19(24)15-11-26-16-8-3-2-7-14(15)16/h4-6,9,11H,2-3,7-8,10H2,1H3,(H,20,23)(H,21,22). The first-order valence-electron chi connectivity index (χ1n) is 8.47. The van der Waals surface area contributed by atoms with Crippen LogP contribution in [0.2, 0.25) is 0 Å². The van der Waals surface area contributed by atoms with E-state index < -0.39 is 11.9 Å². The van der Waals surface area contributed by atoms with Gasteiger partial charge < -0.3 is 15.4 Å². The molecule has 7 heteroatoms. The summed E-state index contributed by atoms with van der Waals surface area (Å²) >= 11 is 1.58. The van der Waals surface area contributed by atoms with Gasteiger partial charge in [-0.05, 0) is 49.4 Å². The van der Waals surface area contributed by atoms with Gasteiger partial charge in [0.05, 0.1) is 5.56 Å². The molecule has 2 N–H and O–H groups in total. The number of carbonyl (C=O) groups is 3. The van der Waals surface area contributed by atoms with E-state index in [0.29, 0.717) is 16.8 Å². The van der Waals surface area contributed by atoms with E-state index in [9.17, 15) is 14.4 Å². The summed E-state index contributed by atoms with van der Waals surface area (Å²) in [6.07, 6.45) is 4.13. The van der Waals surface area contributed by atoms with Crippen molar-refractivity contribution < 1.29 is 19.1 Å². The molecule has 0 bridgehead atoms. The Morgan fingerprint density at radius 2 is 2.00 bits per heavy atom. The Morgan fingerprint density at radius 1 is 1.19 bits per heavy atom. The van der Waals surface area contributed by atoms with Crippen LogP contribution in [0.25, 0.3) is 0 Å². The SMILES string of the molecule is CNC(=O)c1cccc(NC(=O)COC(=O)c2csc3c2CCCC3)c1. The molecular weight excluding hydrogens is 352 g/mol. The topological polar surface area (TPSA) is 84.5 Å². The Kier molecular flexibility index (Phi) is 5.68. The number of carbonyl (C=O) groups excluding carboxylic acids is 3. The number of hydrogen-bond acceptors (Lipinski definition) is 5. The van der Waals surface area contributed by atoms with Crippen molar-refractivity contribution in [2.45, 2.75) is 25.7 Å². The maximum Gasteiger partial charge on any atom is 0.339 e. The number of hydrogen-bond donors (Lipinski definition) is 2. The van der Waals surface area contributed by atoms with Gasteiger partial charge >= 0.3 is 5.97 Å². The van der Waals surface area contributed by atoms with Crippen LogP contribution >= 0.6 is 11.3 Å². The van der Waals surface area contributed by atoms with Gasteiger partial charge in [-0.2, -0.15) is 0 Å². The lowest BCUT2D eigenvalue weighted by atomic mass is 9.96. The first-order chi connectivity index (χ1) is 12.6. The summed E-state index contributed by atoms with van der Waals surface area (Å²) in [6, 6.07) is 6.55. The zero-order valence-corrected chi connectivity index (χ0v) is 15.3. The van der Waals surface area contributed by atoms with Crippen molar-refractivity contribution in [3.05, 3.63) is 51.2 Å². The van der Waals surface area contributed by atoms with Gasteiger partial charge in [0.15, 0.2) is 6.61 Å². The first kappa shape index (κ1) is 18.1. The van der Waals surface area contributed by atoms with E-state index >= 15 is 0 Å². The highest BCUT2D eigenvalue weighted by molar-refractivity contribution is 7.10. The van der Waals surface area contributed by atoms with E-state index in [1.807, 2.05) is 5.38 Å². The summed E-state index contributed by atoms with van der Waals surface area (Å²) in [4.78, 5) is 37.2. The number of nitrogens with one attached hydrogen (secondary N) is 2. The van der Waals surface area contributed by atoms with Crippen molar-refractivity contribution in [3.8, 4) is 0 Å². The molecule has 2 amide bonds. The molecule has 1 aromatic heterocycles. The molecule has 0 aliphatic heterocycles. The van der Waals surface area contributed by atoms with Crippen molar-refractivity contribution in [1.82, 2.24) is 5.32 Å². The average Bonchev–Trinajstić information content (AvgIpc) is 3.10. The van der Waals surface area contributed by atoms with Gasteiger partial charge in [0.1, 0.15) is 0 Å². The summed E-state index contributed by atoms with van der Waals surface area (Å²) in [7, 11) is 1.54. The zero-order valence-electron chi connectivity index (χ0n) is 14.5. The van der Waals surface area contributed by atoms with Crippen LogP contribution in [0.3, 0.4) is 0 Å². The molecule has 2 aromatic rings. The third-order valence-corrected chi connectivity index (χ3v) is 5.34. The zero-order chi connectivity index (χ0) is 18.5. The largest absolute Gasteiger partial charge is 0.452 e. The van der Waals surface area contributed by atoms with Gasteiger partial charge in [-0.1, -0.05) is 6.07 Å². The van der Waals surface area contributed by atoms with Gasteiger partial charge in [-0.15, -0.1) is 11.3 Å². The predicted octanol–water partition coefficient (Wildman–Crippen LogP) is 2.78. The van der Waals surface area contributed by atoms with Gasteiger partial charge in [-0.3, -0.25) is 9.59 Å². The Hall–Kier alpha value is -2.67. The van der Waals surface area contributed by atoms with Crippen molar-refractivity contribution in [2.24, 2.45) is 0 Å². The Balaban J connectivity index is 1.57. The fraction of sp³-hybridized carbons (Fsp3) is 0.316. The van der Waals surface area contributed by atoms with E-state index in [1.54, 1.807) is 35.6 Å². The number of esters is 1. The Bertz CT molecular complexity index is 844. The van der Waals surface area contributed by atoms with Gasteiger partial charge in [0.2, 0.25) is 0 Å². The van der Waals surface area contributed by atoms with Crippen LogP contribution < -0.4 is 10.6 Å². The van der Waals surface area contributed by atoms with Crippen LogP contribution in [0.15, 0.2) is 29.6 Å². The summed E-state index contributed by atoms with van der Waals surface area (Å²) in [5.74, 6) is -1.15. The molecule has 3 rings (SSSR count). The number of anilines is 1. The molecule has 0 unspecified atom stereocenters. The van der Waals surface area contributed by atoms with E-state index in [-0.39, 0.29) is 12.5 Å². The third-order valence-electron chi connectivity index (χ3n) is 4.25. The molecule has 1 aromatic carbocycles. The molecule has 1 aliphatic rings. The number of aryl methyl sites for hydroxylation is 1. The minimum Gasteiger partial charge on any atom is -0.452 e. The van der Waals surface area contributed by atoms with Crippen LogP contribution in [0.1, 0.15) is 44.0 Å². The fourth-order valence-electron chi connectivity index (χ4n) is 2.95. The predicted molar refractivity (Wildman–Crippen MR) is 99.7 cm³/mol. The number of thiophene rings is 1. The fourth-order valence-corrected chi connectivity index (χ4v) is 4.07. The second-order valence-corrected chi connectivity index (χ2v) is 7.01. The van der Waals surface area contributed by atoms with E-state index in [1.165, 1.54) is 11.9 Å². The smallest absolute Gasteiger partial charge is 0.339 e. The van der Waals surface area contributed by atoms with Crippen LogP contribution in [-0.2, 0) is 22.4 Å². The second kappa shape index (κ2) is 8.14. The highest BCUT2D eigenvalue weighted by atomic mass is 32.1. The van der Waals surface area contributed by atoms with Crippen LogP contribution in [-0.4, -0.2) is 31.4 Å². The lowest BCUT2D eigenvalue weighted by Crippen LogP contribution is -2.22. The van der Waals surface area contributed by atoms with Gasteiger partial charge in [-0.25, -0.2) is 4.79 Å². The van der Waals surface area contributed by atoms with Gasteiger partial charge in [0, 0.05) is 28.6 Å². The average molecular weight is 372 g/mol. The highest BCUT2D eigenvalue weighted by Crippen LogP contribution is 2.30. The van der Waals surface area contributed by atoms with Gasteiger partial charge in [0.25, 0.3) is 11.8 Å². The van der Waals surface area contributed by atoms with Crippen molar-refractivity contribution in [1.29, 1.82) is 0 Å². The van der Waals surface area contributed by atoms with E-state index in [0.717, 1.165) is 31.2 Å². The number of ether oxygens (including phenoxy) is 1. The molecule has 1 heterocycles. The molecule has 0 saturated heterocycles. The number of rotatable bonds is 5.